The zero-order chi connectivity index (χ0) is 22.4. The van der Waals surface area contributed by atoms with Gasteiger partial charge in [-0.25, -0.2) is 8.42 Å². The second-order valence-electron chi connectivity index (χ2n) is 6.83. The van der Waals surface area contributed by atoms with Crippen LogP contribution in [0, 0.1) is 0 Å². The minimum absolute atomic E-state index is 0.0507. The summed E-state index contributed by atoms with van der Waals surface area (Å²) in [7, 11) is -4.01. The molecule has 31 heavy (non-hydrogen) atoms. The Morgan fingerprint density at radius 1 is 0.935 bits per heavy atom. The first kappa shape index (κ1) is 23.3. The summed E-state index contributed by atoms with van der Waals surface area (Å²) >= 11 is 12.1. The number of carbonyl (C=O) groups excluding carboxylic acids is 1. The van der Waals surface area contributed by atoms with Gasteiger partial charge in [-0.2, -0.15) is 4.31 Å². The van der Waals surface area contributed by atoms with Gasteiger partial charge < -0.3 is 5.32 Å². The molecule has 0 aliphatic heterocycles. The highest BCUT2D eigenvalue weighted by atomic mass is 35.5. The largest absolute Gasteiger partial charge is 0.344 e. The number of carbonyl (C=O) groups is 1. The molecule has 0 radical (unpaired) electrons. The van der Waals surface area contributed by atoms with Crippen LogP contribution in [0.5, 0.6) is 0 Å². The van der Waals surface area contributed by atoms with Crippen molar-refractivity contribution in [2.45, 2.75) is 17.9 Å². The molecular weight excluding hydrogens is 455 g/mol. The van der Waals surface area contributed by atoms with E-state index in [1.165, 1.54) is 18.2 Å². The predicted octanol–water partition coefficient (Wildman–Crippen LogP) is 4.91. The molecule has 1 N–H and O–H groups in total. The van der Waals surface area contributed by atoms with Gasteiger partial charge in [0.1, 0.15) is 4.90 Å². The van der Waals surface area contributed by atoms with E-state index in [-0.39, 0.29) is 28.0 Å². The average Bonchev–Trinajstić information content (AvgIpc) is 2.78. The van der Waals surface area contributed by atoms with Crippen LogP contribution in [0.15, 0.2) is 83.8 Å². The molecule has 0 aromatic heterocycles. The monoisotopic (exact) mass is 476 g/mol. The SMILES string of the molecule is CCN(CC(=O)NC(c1ccccc1)c1ccccc1)S(=O)(=O)c1cc(Cl)ccc1Cl. The summed E-state index contributed by atoms with van der Waals surface area (Å²) in [6.07, 6.45) is 0. The highest BCUT2D eigenvalue weighted by molar-refractivity contribution is 7.89. The number of hydrogen-bond acceptors (Lipinski definition) is 3. The summed E-state index contributed by atoms with van der Waals surface area (Å²) in [5.74, 6) is -0.429. The van der Waals surface area contributed by atoms with Crippen LogP contribution in [0.4, 0.5) is 0 Å². The summed E-state index contributed by atoms with van der Waals surface area (Å²) in [6, 6.07) is 22.8. The lowest BCUT2D eigenvalue weighted by atomic mass is 9.99. The Hall–Kier alpha value is -2.38. The molecule has 0 saturated carbocycles. The van der Waals surface area contributed by atoms with Gasteiger partial charge in [0.05, 0.1) is 17.6 Å². The predicted molar refractivity (Wildman–Crippen MR) is 124 cm³/mol. The van der Waals surface area contributed by atoms with Crippen molar-refractivity contribution >= 4 is 39.1 Å². The Morgan fingerprint density at radius 2 is 1.48 bits per heavy atom. The highest BCUT2D eigenvalue weighted by Gasteiger charge is 2.28. The van der Waals surface area contributed by atoms with Crippen LogP contribution in [0.3, 0.4) is 0 Å². The van der Waals surface area contributed by atoms with E-state index in [4.69, 9.17) is 23.2 Å². The number of nitrogens with zero attached hydrogens (tertiary/aromatic N) is 1. The zero-order valence-corrected chi connectivity index (χ0v) is 19.2. The fraction of sp³-hybridized carbons (Fsp3) is 0.174. The van der Waals surface area contributed by atoms with E-state index in [0.29, 0.717) is 0 Å². The highest BCUT2D eigenvalue weighted by Crippen LogP contribution is 2.28. The van der Waals surface area contributed by atoms with E-state index in [9.17, 15) is 13.2 Å². The molecule has 0 heterocycles. The van der Waals surface area contributed by atoms with E-state index < -0.39 is 22.0 Å². The molecule has 0 bridgehead atoms. The number of nitrogens with one attached hydrogen (secondary N) is 1. The number of rotatable bonds is 8. The van der Waals surface area contributed by atoms with E-state index in [1.807, 2.05) is 60.7 Å². The topological polar surface area (TPSA) is 66.5 Å². The molecule has 0 unspecified atom stereocenters. The molecule has 3 aromatic carbocycles. The van der Waals surface area contributed by atoms with Crippen molar-refractivity contribution in [1.29, 1.82) is 0 Å². The first-order valence-corrected chi connectivity index (χ1v) is 11.9. The maximum Gasteiger partial charge on any atom is 0.245 e. The van der Waals surface area contributed by atoms with Crippen LogP contribution < -0.4 is 5.32 Å². The maximum atomic E-state index is 13.1. The van der Waals surface area contributed by atoms with Gasteiger partial charge in [-0.15, -0.1) is 0 Å². The normalized spacial score (nSPS) is 11.6. The van der Waals surface area contributed by atoms with Gasteiger partial charge >= 0.3 is 0 Å². The molecule has 3 aromatic rings. The smallest absolute Gasteiger partial charge is 0.245 e. The molecule has 0 spiro atoms. The second-order valence-corrected chi connectivity index (χ2v) is 9.58. The van der Waals surface area contributed by atoms with Crippen LogP contribution in [0.25, 0.3) is 0 Å². The van der Waals surface area contributed by atoms with Gasteiger partial charge in [-0.3, -0.25) is 4.79 Å². The lowest BCUT2D eigenvalue weighted by Gasteiger charge is -2.24. The molecule has 162 valence electrons. The fourth-order valence-corrected chi connectivity index (χ4v) is 5.34. The number of amides is 1. The molecule has 0 saturated heterocycles. The van der Waals surface area contributed by atoms with Gasteiger partial charge in [-0.1, -0.05) is 90.8 Å². The molecule has 0 atom stereocenters. The van der Waals surface area contributed by atoms with Crippen molar-refractivity contribution < 1.29 is 13.2 Å². The summed E-state index contributed by atoms with van der Waals surface area (Å²) in [5.41, 5.74) is 1.79. The number of likely N-dealkylation sites (N-methyl/N-ethyl adjacent to an activating group) is 1. The first-order chi connectivity index (χ1) is 14.8. The van der Waals surface area contributed by atoms with Gasteiger partial charge in [0, 0.05) is 11.6 Å². The molecule has 8 heteroatoms. The van der Waals surface area contributed by atoms with Crippen molar-refractivity contribution in [3.05, 3.63) is 100 Å². The van der Waals surface area contributed by atoms with E-state index in [1.54, 1.807) is 6.92 Å². The lowest BCUT2D eigenvalue weighted by Crippen LogP contribution is -2.42. The molecule has 0 aliphatic carbocycles. The van der Waals surface area contributed by atoms with Crippen LogP contribution in [-0.4, -0.2) is 31.7 Å². The Kier molecular flexibility index (Phi) is 7.73. The first-order valence-electron chi connectivity index (χ1n) is 9.67. The number of halogens is 2. The van der Waals surface area contributed by atoms with Gasteiger partial charge in [0.2, 0.25) is 15.9 Å². The number of hydrogen-bond donors (Lipinski definition) is 1. The lowest BCUT2D eigenvalue weighted by molar-refractivity contribution is -0.121. The molecule has 1 amide bonds. The summed E-state index contributed by atoms with van der Waals surface area (Å²) in [5, 5.41) is 3.26. The number of sulfonamides is 1. The molecule has 0 aliphatic rings. The Balaban J connectivity index is 1.85. The molecule has 0 fully saturated rings. The van der Waals surface area contributed by atoms with Gasteiger partial charge in [-0.05, 0) is 29.3 Å². The molecular formula is C23H22Cl2N2O3S. The quantitative estimate of drug-likeness (QED) is 0.502. The van der Waals surface area contributed by atoms with Crippen LogP contribution in [-0.2, 0) is 14.8 Å². The Bertz CT molecular complexity index is 1100. The van der Waals surface area contributed by atoms with Crippen molar-refractivity contribution in [2.75, 3.05) is 13.1 Å². The Labute approximate surface area is 192 Å². The van der Waals surface area contributed by atoms with E-state index in [2.05, 4.69) is 5.32 Å². The minimum atomic E-state index is -4.01. The van der Waals surface area contributed by atoms with E-state index >= 15 is 0 Å². The minimum Gasteiger partial charge on any atom is -0.344 e. The van der Waals surface area contributed by atoms with Crippen molar-refractivity contribution in [1.82, 2.24) is 9.62 Å². The van der Waals surface area contributed by atoms with Crippen LogP contribution in [0.2, 0.25) is 10.0 Å². The Morgan fingerprint density at radius 3 is 2.00 bits per heavy atom. The summed E-state index contributed by atoms with van der Waals surface area (Å²) < 4.78 is 27.3. The number of benzene rings is 3. The van der Waals surface area contributed by atoms with E-state index in [0.717, 1.165) is 15.4 Å². The maximum absolute atomic E-state index is 13.1. The fourth-order valence-electron chi connectivity index (χ4n) is 3.20. The zero-order valence-electron chi connectivity index (χ0n) is 16.8. The van der Waals surface area contributed by atoms with Crippen molar-refractivity contribution in [3.63, 3.8) is 0 Å². The standard InChI is InChI=1S/C23H22Cl2N2O3S/c1-2-27(31(29,30)21-15-19(24)13-14-20(21)25)16-22(28)26-23(17-9-5-3-6-10-17)18-11-7-4-8-12-18/h3-15,23H,2,16H2,1H3,(H,26,28). The summed E-state index contributed by atoms with van der Waals surface area (Å²) in [6.45, 7) is 1.41. The molecule has 3 rings (SSSR count). The third-order valence-electron chi connectivity index (χ3n) is 4.75. The van der Waals surface area contributed by atoms with Crippen molar-refractivity contribution in [3.8, 4) is 0 Å². The third kappa shape index (κ3) is 5.66. The second kappa shape index (κ2) is 10.3. The van der Waals surface area contributed by atoms with Crippen LogP contribution in [0.1, 0.15) is 24.1 Å². The average molecular weight is 477 g/mol. The summed E-state index contributed by atoms with van der Waals surface area (Å²) in [4.78, 5) is 12.8. The van der Waals surface area contributed by atoms with Crippen molar-refractivity contribution in [2.24, 2.45) is 0 Å². The molecule has 5 nitrogen and oxygen atoms in total. The van der Waals surface area contributed by atoms with Crippen LogP contribution >= 0.6 is 23.2 Å². The van der Waals surface area contributed by atoms with Gasteiger partial charge in [0.25, 0.3) is 0 Å². The van der Waals surface area contributed by atoms with Gasteiger partial charge in [0.15, 0.2) is 0 Å². The third-order valence-corrected chi connectivity index (χ3v) is 7.39.